The van der Waals surface area contributed by atoms with Crippen LogP contribution in [-0.4, -0.2) is 48.9 Å². The van der Waals surface area contributed by atoms with Crippen molar-refractivity contribution in [2.45, 2.75) is 43.5 Å². The molecule has 5 nitrogen and oxygen atoms in total. The van der Waals surface area contributed by atoms with Crippen molar-refractivity contribution in [2.75, 3.05) is 13.2 Å². The molecule has 2 heterocycles. The van der Waals surface area contributed by atoms with E-state index in [2.05, 4.69) is 5.32 Å². The summed E-state index contributed by atoms with van der Waals surface area (Å²) in [5.74, 6) is 1.48. The van der Waals surface area contributed by atoms with E-state index in [-0.39, 0.29) is 12.1 Å². The zero-order valence-corrected chi connectivity index (χ0v) is 11.9. The second-order valence-electron chi connectivity index (χ2n) is 6.14. The molecule has 5 atom stereocenters. The molecule has 2 N–H and O–H groups in total. The maximum absolute atomic E-state index is 10.7. The van der Waals surface area contributed by atoms with Gasteiger partial charge in [-0.15, -0.1) is 0 Å². The Hall–Kier alpha value is -1.14. The van der Waals surface area contributed by atoms with Gasteiger partial charge in [0.2, 0.25) is 0 Å². The van der Waals surface area contributed by atoms with Crippen LogP contribution in [0, 0.1) is 5.92 Å². The molecule has 1 aliphatic carbocycles. The van der Waals surface area contributed by atoms with Crippen LogP contribution >= 0.6 is 0 Å². The molecule has 3 fully saturated rings. The average Bonchev–Trinajstić information content (AvgIpc) is 3.23. The maximum Gasteiger partial charge on any atom is 0.197 e. The number of aliphatic hydroxyl groups is 1. The highest BCUT2D eigenvalue weighted by Crippen LogP contribution is 2.33. The van der Waals surface area contributed by atoms with E-state index in [0.717, 1.165) is 18.2 Å². The molecule has 1 saturated carbocycles. The fourth-order valence-corrected chi connectivity index (χ4v) is 3.04. The number of ether oxygens (including phenoxy) is 3. The predicted octanol–water partition coefficient (Wildman–Crippen LogP) is 0.918. The van der Waals surface area contributed by atoms with E-state index in [1.165, 1.54) is 12.8 Å². The van der Waals surface area contributed by atoms with Gasteiger partial charge in [0.1, 0.15) is 18.0 Å². The van der Waals surface area contributed by atoms with Crippen molar-refractivity contribution in [3.8, 4) is 5.75 Å². The summed E-state index contributed by atoms with van der Waals surface area (Å²) in [4.78, 5) is 0. The number of benzene rings is 1. The third-order valence-corrected chi connectivity index (χ3v) is 4.46. The first kappa shape index (κ1) is 13.5. The van der Waals surface area contributed by atoms with E-state index in [4.69, 9.17) is 14.2 Å². The number of nitrogens with one attached hydrogen (secondary N) is 1. The molecular weight excluding hydrogens is 270 g/mol. The van der Waals surface area contributed by atoms with Crippen molar-refractivity contribution in [2.24, 2.45) is 5.92 Å². The van der Waals surface area contributed by atoms with Gasteiger partial charge in [-0.2, -0.15) is 0 Å². The van der Waals surface area contributed by atoms with Crippen LogP contribution in [0.5, 0.6) is 5.75 Å². The van der Waals surface area contributed by atoms with Crippen LogP contribution in [0.4, 0.5) is 0 Å². The summed E-state index contributed by atoms with van der Waals surface area (Å²) in [5, 5.41) is 14.1. The molecule has 0 aromatic heterocycles. The molecule has 2 aliphatic heterocycles. The molecule has 2 bridgehead atoms. The number of para-hydroxylation sites is 1. The van der Waals surface area contributed by atoms with E-state index in [9.17, 15) is 5.11 Å². The van der Waals surface area contributed by atoms with Crippen LogP contribution in [0.1, 0.15) is 12.8 Å². The molecule has 0 spiro atoms. The zero-order chi connectivity index (χ0) is 14.2. The Labute approximate surface area is 124 Å². The van der Waals surface area contributed by atoms with E-state index in [1.807, 2.05) is 30.3 Å². The van der Waals surface area contributed by atoms with E-state index < -0.39 is 18.5 Å². The molecule has 114 valence electrons. The Bertz CT molecular complexity index is 478. The lowest BCUT2D eigenvalue weighted by molar-refractivity contribution is -0.193. The zero-order valence-electron chi connectivity index (χ0n) is 11.9. The molecule has 1 aromatic rings. The van der Waals surface area contributed by atoms with Crippen LogP contribution in [0.15, 0.2) is 30.3 Å². The summed E-state index contributed by atoms with van der Waals surface area (Å²) >= 11 is 0. The van der Waals surface area contributed by atoms with Crippen molar-refractivity contribution in [1.29, 1.82) is 0 Å². The van der Waals surface area contributed by atoms with Crippen LogP contribution in [0.3, 0.4) is 0 Å². The topological polar surface area (TPSA) is 60.0 Å². The molecule has 4 rings (SSSR count). The van der Waals surface area contributed by atoms with E-state index >= 15 is 0 Å². The summed E-state index contributed by atoms with van der Waals surface area (Å²) in [7, 11) is 0. The van der Waals surface area contributed by atoms with Crippen molar-refractivity contribution >= 4 is 0 Å². The maximum atomic E-state index is 10.7. The Morgan fingerprint density at radius 2 is 2.05 bits per heavy atom. The quantitative estimate of drug-likeness (QED) is 0.845. The smallest absolute Gasteiger partial charge is 0.197 e. The lowest BCUT2D eigenvalue weighted by Gasteiger charge is -2.38. The van der Waals surface area contributed by atoms with Crippen LogP contribution in [0.25, 0.3) is 0 Å². The highest BCUT2D eigenvalue weighted by atomic mass is 16.7. The van der Waals surface area contributed by atoms with Crippen molar-refractivity contribution in [3.63, 3.8) is 0 Å². The fourth-order valence-electron chi connectivity index (χ4n) is 3.04. The first-order valence-corrected chi connectivity index (χ1v) is 7.71. The van der Waals surface area contributed by atoms with Crippen molar-refractivity contribution in [3.05, 3.63) is 30.3 Å². The molecule has 5 heteroatoms. The van der Waals surface area contributed by atoms with E-state index in [0.29, 0.717) is 6.61 Å². The monoisotopic (exact) mass is 291 g/mol. The highest BCUT2D eigenvalue weighted by Gasteiger charge is 2.51. The Balaban J connectivity index is 1.46. The first-order chi connectivity index (χ1) is 10.3. The van der Waals surface area contributed by atoms with E-state index in [1.54, 1.807) is 0 Å². The minimum Gasteiger partial charge on any atom is -0.482 e. The summed E-state index contributed by atoms with van der Waals surface area (Å²) in [6.07, 6.45) is 0.871. The molecule has 2 saturated heterocycles. The summed E-state index contributed by atoms with van der Waals surface area (Å²) in [5.41, 5.74) is 0. The molecular formula is C16H21NO4. The molecule has 1 aromatic carbocycles. The van der Waals surface area contributed by atoms with Gasteiger partial charge in [-0.25, -0.2) is 0 Å². The molecule has 3 aliphatic rings. The van der Waals surface area contributed by atoms with Crippen LogP contribution in [-0.2, 0) is 9.47 Å². The highest BCUT2D eigenvalue weighted by molar-refractivity contribution is 5.22. The van der Waals surface area contributed by atoms with Crippen molar-refractivity contribution in [1.82, 2.24) is 5.32 Å². The number of fused-ring (bicyclic) bond motifs is 2. The Kier molecular flexibility index (Phi) is 3.59. The third kappa shape index (κ3) is 2.79. The first-order valence-electron chi connectivity index (χ1n) is 7.71. The number of hydrogen-bond donors (Lipinski definition) is 2. The van der Waals surface area contributed by atoms with Gasteiger partial charge in [0, 0.05) is 0 Å². The van der Waals surface area contributed by atoms with Gasteiger partial charge in [0.05, 0.1) is 12.6 Å². The third-order valence-electron chi connectivity index (χ3n) is 4.46. The second-order valence-corrected chi connectivity index (χ2v) is 6.14. The Morgan fingerprint density at radius 1 is 1.24 bits per heavy atom. The number of hydrogen-bond acceptors (Lipinski definition) is 5. The second kappa shape index (κ2) is 5.57. The van der Waals surface area contributed by atoms with Gasteiger partial charge < -0.3 is 24.6 Å². The SMILES string of the molecule is OC1C(NCC2CC2)C2COC(O2)C1Oc1ccccc1. The largest absolute Gasteiger partial charge is 0.482 e. The summed E-state index contributed by atoms with van der Waals surface area (Å²) in [6, 6.07) is 9.38. The van der Waals surface area contributed by atoms with Crippen LogP contribution in [0.2, 0.25) is 0 Å². The van der Waals surface area contributed by atoms with Crippen LogP contribution < -0.4 is 10.1 Å². The minimum absolute atomic E-state index is 0.0839. The minimum atomic E-state index is -0.629. The molecule has 21 heavy (non-hydrogen) atoms. The van der Waals surface area contributed by atoms with Gasteiger partial charge in [-0.3, -0.25) is 0 Å². The summed E-state index contributed by atoms with van der Waals surface area (Å²) < 4.78 is 17.4. The van der Waals surface area contributed by atoms with Gasteiger partial charge >= 0.3 is 0 Å². The molecule has 0 amide bonds. The van der Waals surface area contributed by atoms with Gasteiger partial charge in [0.25, 0.3) is 0 Å². The lowest BCUT2D eigenvalue weighted by atomic mass is 9.97. The van der Waals surface area contributed by atoms with Gasteiger partial charge in [-0.1, -0.05) is 18.2 Å². The van der Waals surface area contributed by atoms with Gasteiger partial charge in [0.15, 0.2) is 12.4 Å². The summed E-state index contributed by atoms with van der Waals surface area (Å²) in [6.45, 7) is 1.45. The standard InChI is InChI=1S/C16H21NO4/c18-14-13(17-8-10-6-7-10)12-9-19-16(21-12)15(14)20-11-4-2-1-3-5-11/h1-5,10,12-18H,6-9H2. The predicted molar refractivity (Wildman–Crippen MR) is 76.0 cm³/mol. The normalized spacial score (nSPS) is 38.4. The molecule has 5 unspecified atom stereocenters. The number of rotatable bonds is 5. The molecule has 0 radical (unpaired) electrons. The average molecular weight is 291 g/mol. The number of aliphatic hydroxyl groups excluding tert-OH is 1. The Morgan fingerprint density at radius 3 is 2.81 bits per heavy atom. The lowest BCUT2D eigenvalue weighted by Crippen LogP contribution is -2.61. The van der Waals surface area contributed by atoms with Gasteiger partial charge in [-0.05, 0) is 37.4 Å². The van der Waals surface area contributed by atoms with Crippen molar-refractivity contribution < 1.29 is 19.3 Å². The fraction of sp³-hybridized carbons (Fsp3) is 0.625.